The monoisotopic (exact) mass is 423 g/mol. The largest absolute Gasteiger partial charge is 0.342 e. The van der Waals surface area contributed by atoms with Gasteiger partial charge in [0.1, 0.15) is 0 Å². The van der Waals surface area contributed by atoms with Crippen LogP contribution in [0.25, 0.3) is 0 Å². The fraction of sp³-hybridized carbons (Fsp3) is 0.500. The summed E-state index contributed by atoms with van der Waals surface area (Å²) < 4.78 is 0. The topological polar surface area (TPSA) is 78.0 Å². The van der Waals surface area contributed by atoms with Crippen molar-refractivity contribution < 1.29 is 19.2 Å². The molecule has 0 aromatic heterocycles. The summed E-state index contributed by atoms with van der Waals surface area (Å²) in [6, 6.07) is 8.70. The molecule has 7 heteroatoms. The molecule has 1 aromatic rings. The summed E-state index contributed by atoms with van der Waals surface area (Å²) in [5, 5.41) is 0. The first-order valence-electron chi connectivity index (χ1n) is 11.3. The van der Waals surface area contributed by atoms with E-state index in [1.54, 1.807) is 34.1 Å². The summed E-state index contributed by atoms with van der Waals surface area (Å²) in [4.78, 5) is 56.9. The van der Waals surface area contributed by atoms with Crippen molar-refractivity contribution in [1.82, 2.24) is 9.80 Å². The molecule has 2 fully saturated rings. The smallest absolute Gasteiger partial charge is 0.262 e. The first-order valence-corrected chi connectivity index (χ1v) is 11.3. The van der Waals surface area contributed by atoms with E-state index in [0.29, 0.717) is 31.9 Å². The third-order valence-corrected chi connectivity index (χ3v) is 6.37. The molecular formula is C24H29N3O4. The predicted molar refractivity (Wildman–Crippen MR) is 116 cm³/mol. The van der Waals surface area contributed by atoms with Gasteiger partial charge in [-0.25, -0.2) is 4.90 Å². The summed E-state index contributed by atoms with van der Waals surface area (Å²) in [6.45, 7) is 2.72. The molecule has 4 rings (SSSR count). The molecule has 0 unspecified atom stereocenters. The number of piperidine rings is 2. The number of imide groups is 1. The standard InChI is InChI=1S/C24H29N3O4/c28-21(25-12-6-2-7-13-25)16-19-20(17-22(29)26-14-8-3-9-15-26)24(31)27(23(19)30)18-10-4-1-5-11-18/h1,4-5,10-11H,2-3,6-9,12-17H2. The molecule has 0 N–H and O–H groups in total. The number of carbonyl (C=O) groups excluding carboxylic acids is 4. The van der Waals surface area contributed by atoms with Crippen molar-refractivity contribution in [3.8, 4) is 0 Å². The number of para-hydroxylation sites is 1. The number of hydrogen-bond acceptors (Lipinski definition) is 4. The predicted octanol–water partition coefficient (Wildman–Crippen LogP) is 2.66. The van der Waals surface area contributed by atoms with Gasteiger partial charge < -0.3 is 9.80 Å². The molecule has 31 heavy (non-hydrogen) atoms. The number of carbonyl (C=O) groups is 4. The number of benzene rings is 1. The van der Waals surface area contributed by atoms with Crippen LogP contribution in [0.15, 0.2) is 41.5 Å². The van der Waals surface area contributed by atoms with E-state index in [1.165, 1.54) is 0 Å². The van der Waals surface area contributed by atoms with E-state index >= 15 is 0 Å². The zero-order valence-electron chi connectivity index (χ0n) is 17.8. The minimum absolute atomic E-state index is 0.128. The van der Waals surface area contributed by atoms with Gasteiger partial charge in [-0.3, -0.25) is 19.2 Å². The van der Waals surface area contributed by atoms with Crippen molar-refractivity contribution in [1.29, 1.82) is 0 Å². The highest BCUT2D eigenvalue weighted by Gasteiger charge is 2.41. The summed E-state index contributed by atoms with van der Waals surface area (Å²) in [5.41, 5.74) is 0.811. The van der Waals surface area contributed by atoms with E-state index in [2.05, 4.69) is 0 Å². The van der Waals surface area contributed by atoms with Gasteiger partial charge in [-0.05, 0) is 50.7 Å². The van der Waals surface area contributed by atoms with Crippen molar-refractivity contribution in [3.05, 3.63) is 41.5 Å². The molecule has 1 aromatic carbocycles. The number of hydrogen-bond donors (Lipinski definition) is 0. The Labute approximate surface area is 182 Å². The molecule has 3 heterocycles. The van der Waals surface area contributed by atoms with Crippen molar-refractivity contribution in [3.63, 3.8) is 0 Å². The van der Waals surface area contributed by atoms with Gasteiger partial charge in [-0.15, -0.1) is 0 Å². The number of amides is 4. The van der Waals surface area contributed by atoms with Crippen molar-refractivity contribution >= 4 is 29.3 Å². The molecular weight excluding hydrogens is 394 g/mol. The summed E-state index contributed by atoms with van der Waals surface area (Å²) in [6.07, 6.45) is 5.75. The first kappa shape index (κ1) is 21.3. The highest BCUT2D eigenvalue weighted by Crippen LogP contribution is 2.31. The average Bonchev–Trinajstić information content (AvgIpc) is 3.04. The van der Waals surface area contributed by atoms with Crippen molar-refractivity contribution in [2.45, 2.75) is 51.4 Å². The van der Waals surface area contributed by atoms with E-state index in [1.807, 2.05) is 6.07 Å². The molecule has 0 atom stereocenters. The van der Waals surface area contributed by atoms with E-state index in [0.717, 1.165) is 43.4 Å². The van der Waals surface area contributed by atoms with Crippen LogP contribution in [-0.4, -0.2) is 59.6 Å². The zero-order chi connectivity index (χ0) is 21.8. The summed E-state index contributed by atoms with van der Waals surface area (Å²) >= 11 is 0. The molecule has 3 aliphatic rings. The Balaban J connectivity index is 1.60. The molecule has 4 amide bonds. The lowest BCUT2D eigenvalue weighted by atomic mass is 10.0. The SMILES string of the molecule is O=C(CC1=C(CC(=O)N2CCCCC2)C(=O)N(c2ccccc2)C1=O)N1CCCCC1. The van der Waals surface area contributed by atoms with Crippen LogP contribution in [0, 0.1) is 0 Å². The Bertz CT molecular complexity index is 843. The normalized spacial score (nSPS) is 19.9. The van der Waals surface area contributed by atoms with Crippen LogP contribution in [0.4, 0.5) is 5.69 Å². The Kier molecular flexibility index (Phi) is 6.49. The van der Waals surface area contributed by atoms with E-state index in [-0.39, 0.29) is 35.8 Å². The van der Waals surface area contributed by atoms with Crippen molar-refractivity contribution in [2.24, 2.45) is 0 Å². The van der Waals surface area contributed by atoms with Gasteiger partial charge in [0.05, 0.1) is 18.5 Å². The number of rotatable bonds is 5. The van der Waals surface area contributed by atoms with Gasteiger partial charge >= 0.3 is 0 Å². The Hall–Kier alpha value is -2.96. The quantitative estimate of drug-likeness (QED) is 0.682. The molecule has 0 aliphatic carbocycles. The maximum Gasteiger partial charge on any atom is 0.262 e. The van der Waals surface area contributed by atoms with E-state index in [4.69, 9.17) is 0 Å². The third kappa shape index (κ3) is 4.55. The third-order valence-electron chi connectivity index (χ3n) is 6.37. The Morgan fingerprint density at radius 1 is 0.645 bits per heavy atom. The minimum atomic E-state index is -0.483. The lowest BCUT2D eigenvalue weighted by Gasteiger charge is -2.27. The average molecular weight is 424 g/mol. The molecule has 3 aliphatic heterocycles. The summed E-state index contributed by atoms with van der Waals surface area (Å²) in [5.74, 6) is -1.26. The number of nitrogens with zero attached hydrogens (tertiary/aromatic N) is 3. The van der Waals surface area contributed by atoms with Crippen LogP contribution in [0.3, 0.4) is 0 Å². The van der Waals surface area contributed by atoms with Crippen LogP contribution < -0.4 is 4.90 Å². The Morgan fingerprint density at radius 3 is 1.48 bits per heavy atom. The van der Waals surface area contributed by atoms with Crippen LogP contribution in [0.1, 0.15) is 51.4 Å². The highest BCUT2D eigenvalue weighted by atomic mass is 16.2. The first-order chi connectivity index (χ1) is 15.1. The van der Waals surface area contributed by atoms with Gasteiger partial charge in [0.25, 0.3) is 11.8 Å². The molecule has 0 radical (unpaired) electrons. The lowest BCUT2D eigenvalue weighted by Crippen LogP contribution is -2.37. The van der Waals surface area contributed by atoms with Gasteiger partial charge in [-0.2, -0.15) is 0 Å². The highest BCUT2D eigenvalue weighted by molar-refractivity contribution is 6.34. The van der Waals surface area contributed by atoms with Gasteiger partial charge in [-0.1, -0.05) is 18.2 Å². The molecule has 0 saturated carbocycles. The summed E-state index contributed by atoms with van der Waals surface area (Å²) in [7, 11) is 0. The molecule has 0 bridgehead atoms. The minimum Gasteiger partial charge on any atom is -0.342 e. The number of anilines is 1. The van der Waals surface area contributed by atoms with E-state index in [9.17, 15) is 19.2 Å². The Morgan fingerprint density at radius 2 is 1.06 bits per heavy atom. The fourth-order valence-electron chi connectivity index (χ4n) is 4.61. The van der Waals surface area contributed by atoms with Crippen LogP contribution in [0.2, 0.25) is 0 Å². The molecule has 0 spiro atoms. The van der Waals surface area contributed by atoms with Crippen LogP contribution in [0.5, 0.6) is 0 Å². The van der Waals surface area contributed by atoms with Crippen LogP contribution >= 0.6 is 0 Å². The number of likely N-dealkylation sites (tertiary alicyclic amines) is 2. The second kappa shape index (κ2) is 9.45. The van der Waals surface area contributed by atoms with Gasteiger partial charge in [0.15, 0.2) is 0 Å². The molecule has 164 valence electrons. The second-order valence-corrected chi connectivity index (χ2v) is 8.47. The zero-order valence-corrected chi connectivity index (χ0v) is 17.8. The van der Waals surface area contributed by atoms with Crippen molar-refractivity contribution in [2.75, 3.05) is 31.1 Å². The maximum atomic E-state index is 13.3. The van der Waals surface area contributed by atoms with Crippen LogP contribution in [-0.2, 0) is 19.2 Å². The molecule has 7 nitrogen and oxygen atoms in total. The lowest BCUT2D eigenvalue weighted by molar-refractivity contribution is -0.133. The van der Waals surface area contributed by atoms with Gasteiger partial charge in [0, 0.05) is 37.3 Å². The maximum absolute atomic E-state index is 13.3. The van der Waals surface area contributed by atoms with E-state index < -0.39 is 11.8 Å². The second-order valence-electron chi connectivity index (χ2n) is 8.47. The molecule has 2 saturated heterocycles. The fourth-order valence-corrected chi connectivity index (χ4v) is 4.61. The van der Waals surface area contributed by atoms with Gasteiger partial charge in [0.2, 0.25) is 11.8 Å².